The summed E-state index contributed by atoms with van der Waals surface area (Å²) in [5.41, 5.74) is 1.55. The Hall–Kier alpha value is -3.95. The zero-order valence-electron chi connectivity index (χ0n) is 18.1. The smallest absolute Gasteiger partial charge is 0.408 e. The minimum absolute atomic E-state index is 0.117. The maximum absolute atomic E-state index is 11.9. The lowest BCUT2D eigenvalue weighted by molar-refractivity contribution is -0.139. The van der Waals surface area contributed by atoms with E-state index in [1.165, 1.54) is 0 Å². The van der Waals surface area contributed by atoms with E-state index in [2.05, 4.69) is 25.9 Å². The van der Waals surface area contributed by atoms with Gasteiger partial charge in [0.2, 0.25) is 0 Å². The number of carbonyl (C=O) groups is 2. The molecule has 1 aromatic carbocycles. The van der Waals surface area contributed by atoms with Gasteiger partial charge in [-0.2, -0.15) is 0 Å². The molecule has 3 N–H and O–H groups in total. The van der Waals surface area contributed by atoms with Crippen LogP contribution in [0.3, 0.4) is 0 Å². The van der Waals surface area contributed by atoms with Crippen molar-refractivity contribution < 1.29 is 19.4 Å². The van der Waals surface area contributed by atoms with Gasteiger partial charge in [-0.15, -0.1) is 5.10 Å². The Morgan fingerprint density at radius 2 is 1.91 bits per heavy atom. The van der Waals surface area contributed by atoms with Crippen LogP contribution in [0.25, 0.3) is 5.69 Å². The van der Waals surface area contributed by atoms with Crippen molar-refractivity contribution in [3.05, 3.63) is 66.1 Å². The zero-order valence-corrected chi connectivity index (χ0v) is 18.1. The first-order chi connectivity index (χ1) is 15.2. The minimum atomic E-state index is -1.14. The number of nitrogens with one attached hydrogen (secondary N) is 2. The highest BCUT2D eigenvalue weighted by Crippen LogP contribution is 2.13. The average molecular weight is 438 g/mol. The van der Waals surface area contributed by atoms with Gasteiger partial charge < -0.3 is 20.5 Å². The average Bonchev–Trinajstić information content (AvgIpc) is 3.21. The number of hydrogen-bond donors (Lipinski definition) is 3. The molecule has 0 bridgehead atoms. The van der Waals surface area contributed by atoms with E-state index in [0.717, 1.165) is 22.8 Å². The molecule has 0 radical (unpaired) electrons. The Morgan fingerprint density at radius 3 is 2.53 bits per heavy atom. The van der Waals surface area contributed by atoms with Crippen LogP contribution in [0.15, 0.2) is 54.9 Å². The third kappa shape index (κ3) is 6.79. The highest BCUT2D eigenvalue weighted by Gasteiger charge is 2.24. The second-order valence-corrected chi connectivity index (χ2v) is 8.13. The van der Waals surface area contributed by atoms with Gasteiger partial charge in [-0.3, -0.25) is 0 Å². The second kappa shape index (κ2) is 9.90. The summed E-state index contributed by atoms with van der Waals surface area (Å²) in [7, 11) is 0. The Labute approximate surface area is 185 Å². The quantitative estimate of drug-likeness (QED) is 0.489. The third-order valence-electron chi connectivity index (χ3n) is 4.29. The summed E-state index contributed by atoms with van der Waals surface area (Å²) in [5, 5.41) is 23.3. The lowest BCUT2D eigenvalue weighted by Crippen LogP contribution is -2.44. The van der Waals surface area contributed by atoms with E-state index >= 15 is 0 Å². The van der Waals surface area contributed by atoms with Crippen LogP contribution in [-0.4, -0.2) is 48.8 Å². The molecular formula is C22H26N6O4. The number of benzene rings is 1. The number of pyridine rings is 1. The molecular weight excluding hydrogens is 412 g/mol. The Kier molecular flexibility index (Phi) is 7.04. The molecule has 0 fully saturated rings. The summed E-state index contributed by atoms with van der Waals surface area (Å²) in [6, 6.07) is 11.7. The molecule has 0 aliphatic heterocycles. The van der Waals surface area contributed by atoms with Gasteiger partial charge in [0.05, 0.1) is 18.4 Å². The molecule has 0 saturated carbocycles. The number of alkyl carbamates (subject to hydrolysis) is 1. The SMILES string of the molecule is CC(C)(C)OC(=O)N[C@@H](Cc1ccc(-n2cc(CNc3ccccn3)nn2)cc1)C(=O)O. The first kappa shape index (κ1) is 22.7. The maximum atomic E-state index is 11.9. The van der Waals surface area contributed by atoms with E-state index in [-0.39, 0.29) is 6.42 Å². The summed E-state index contributed by atoms with van der Waals surface area (Å²) >= 11 is 0. The van der Waals surface area contributed by atoms with Gasteiger partial charge in [0.15, 0.2) is 0 Å². The van der Waals surface area contributed by atoms with Gasteiger partial charge in [-0.1, -0.05) is 23.4 Å². The van der Waals surface area contributed by atoms with E-state index in [4.69, 9.17) is 4.74 Å². The number of aromatic nitrogens is 4. The van der Waals surface area contributed by atoms with Crippen LogP contribution >= 0.6 is 0 Å². The molecule has 0 aliphatic rings. The summed E-state index contributed by atoms with van der Waals surface area (Å²) in [5.74, 6) is -0.388. The molecule has 1 amide bonds. The molecule has 2 heterocycles. The number of ether oxygens (including phenoxy) is 1. The Morgan fingerprint density at radius 1 is 1.16 bits per heavy atom. The molecule has 0 spiro atoms. The third-order valence-corrected chi connectivity index (χ3v) is 4.29. The van der Waals surface area contributed by atoms with Gasteiger partial charge in [0.1, 0.15) is 23.2 Å². The maximum Gasteiger partial charge on any atom is 0.408 e. The van der Waals surface area contributed by atoms with Crippen LogP contribution in [0.2, 0.25) is 0 Å². The molecule has 10 nitrogen and oxygen atoms in total. The van der Waals surface area contributed by atoms with Crippen LogP contribution in [-0.2, 0) is 22.5 Å². The summed E-state index contributed by atoms with van der Waals surface area (Å²) < 4.78 is 6.77. The monoisotopic (exact) mass is 438 g/mol. The van der Waals surface area contributed by atoms with Gasteiger partial charge in [-0.25, -0.2) is 19.3 Å². The van der Waals surface area contributed by atoms with Crippen molar-refractivity contribution in [2.45, 2.75) is 45.4 Å². The first-order valence-electron chi connectivity index (χ1n) is 10.1. The van der Waals surface area contributed by atoms with Crippen molar-refractivity contribution in [2.24, 2.45) is 0 Å². The zero-order chi connectivity index (χ0) is 23.1. The van der Waals surface area contributed by atoms with Crippen LogP contribution in [0.4, 0.5) is 10.6 Å². The fourth-order valence-corrected chi connectivity index (χ4v) is 2.82. The molecule has 3 rings (SSSR count). The van der Waals surface area contributed by atoms with Gasteiger partial charge in [-0.05, 0) is 50.6 Å². The van der Waals surface area contributed by atoms with Gasteiger partial charge in [0.25, 0.3) is 0 Å². The van der Waals surface area contributed by atoms with E-state index in [9.17, 15) is 14.7 Å². The van der Waals surface area contributed by atoms with Crippen molar-refractivity contribution in [3.63, 3.8) is 0 Å². The number of anilines is 1. The number of carboxylic acid groups (broad SMARTS) is 1. The molecule has 0 unspecified atom stereocenters. The Bertz CT molecular complexity index is 1040. The second-order valence-electron chi connectivity index (χ2n) is 8.13. The van der Waals surface area contributed by atoms with E-state index in [1.54, 1.807) is 50.0 Å². The Balaban J connectivity index is 1.59. The predicted molar refractivity (Wildman–Crippen MR) is 117 cm³/mol. The highest BCUT2D eigenvalue weighted by atomic mass is 16.6. The van der Waals surface area contributed by atoms with Crippen LogP contribution in [0.1, 0.15) is 32.0 Å². The topological polar surface area (TPSA) is 131 Å². The van der Waals surface area contributed by atoms with Crippen LogP contribution < -0.4 is 10.6 Å². The van der Waals surface area contributed by atoms with Crippen molar-refractivity contribution in [3.8, 4) is 5.69 Å². The predicted octanol–water partition coefficient (Wildman–Crippen LogP) is 2.79. The minimum Gasteiger partial charge on any atom is -0.480 e. The first-order valence-corrected chi connectivity index (χ1v) is 10.1. The number of hydrogen-bond acceptors (Lipinski definition) is 7. The lowest BCUT2D eigenvalue weighted by Gasteiger charge is -2.22. The highest BCUT2D eigenvalue weighted by molar-refractivity contribution is 5.80. The summed E-state index contributed by atoms with van der Waals surface area (Å²) in [6.45, 7) is 5.62. The van der Waals surface area contributed by atoms with E-state index in [1.807, 2.05) is 30.3 Å². The number of carbonyl (C=O) groups excluding carboxylic acids is 1. The number of amides is 1. The summed E-state index contributed by atoms with van der Waals surface area (Å²) in [4.78, 5) is 27.7. The standard InChI is InChI=1S/C22H26N6O4/c1-22(2,3)32-21(31)25-18(20(29)30)12-15-7-9-17(10-8-15)28-14-16(26-27-28)13-24-19-6-4-5-11-23-19/h4-11,14,18H,12-13H2,1-3H3,(H,23,24)(H,25,31)(H,29,30)/t18-/m0/s1. The largest absolute Gasteiger partial charge is 0.480 e. The molecule has 1 atom stereocenters. The molecule has 2 aromatic heterocycles. The van der Waals surface area contributed by atoms with E-state index in [0.29, 0.717) is 6.54 Å². The normalized spacial score (nSPS) is 12.1. The van der Waals surface area contributed by atoms with Crippen molar-refractivity contribution in [1.82, 2.24) is 25.3 Å². The van der Waals surface area contributed by atoms with Crippen molar-refractivity contribution >= 4 is 17.9 Å². The number of aliphatic carboxylic acids is 1. The van der Waals surface area contributed by atoms with Crippen molar-refractivity contribution in [1.29, 1.82) is 0 Å². The van der Waals surface area contributed by atoms with E-state index < -0.39 is 23.7 Å². The van der Waals surface area contributed by atoms with Crippen molar-refractivity contribution in [2.75, 3.05) is 5.32 Å². The number of rotatable bonds is 8. The molecule has 3 aromatic rings. The lowest BCUT2D eigenvalue weighted by atomic mass is 10.1. The van der Waals surface area contributed by atoms with Crippen LogP contribution in [0.5, 0.6) is 0 Å². The molecule has 10 heteroatoms. The van der Waals surface area contributed by atoms with Crippen LogP contribution in [0, 0.1) is 0 Å². The summed E-state index contributed by atoms with van der Waals surface area (Å²) in [6.07, 6.45) is 2.86. The van der Waals surface area contributed by atoms with Gasteiger partial charge >= 0.3 is 12.1 Å². The van der Waals surface area contributed by atoms with Gasteiger partial charge in [0, 0.05) is 12.6 Å². The number of nitrogens with zero attached hydrogens (tertiary/aromatic N) is 4. The fourth-order valence-electron chi connectivity index (χ4n) is 2.82. The molecule has 32 heavy (non-hydrogen) atoms. The molecule has 168 valence electrons. The molecule has 0 saturated heterocycles. The molecule has 0 aliphatic carbocycles. The fraction of sp³-hybridized carbons (Fsp3) is 0.318. The number of carboxylic acids is 1.